The van der Waals surface area contributed by atoms with Gasteiger partial charge in [0.05, 0.1) is 0 Å². The Labute approximate surface area is 103 Å². The van der Waals surface area contributed by atoms with E-state index in [0.717, 1.165) is 0 Å². The van der Waals surface area contributed by atoms with Gasteiger partial charge in [-0.3, -0.25) is 4.79 Å². The number of rotatable bonds is 5. The minimum absolute atomic E-state index is 0.206. The van der Waals surface area contributed by atoms with Crippen LogP contribution in [0.2, 0.25) is 0 Å². The van der Waals surface area contributed by atoms with E-state index in [1.165, 1.54) is 19.1 Å². The van der Waals surface area contributed by atoms with Crippen LogP contribution in [0, 0.1) is 0 Å². The molecule has 0 aliphatic heterocycles. The van der Waals surface area contributed by atoms with Crippen LogP contribution in [0.25, 0.3) is 0 Å². The molecule has 1 aromatic carbocycles. The summed E-state index contributed by atoms with van der Waals surface area (Å²) >= 11 is 0. The highest BCUT2D eigenvalue weighted by atomic mass is 16.4. The van der Waals surface area contributed by atoms with E-state index < -0.39 is 23.4 Å². The number of nitrogens with one attached hydrogen (secondary N) is 1. The van der Waals surface area contributed by atoms with Gasteiger partial charge < -0.3 is 15.5 Å². The van der Waals surface area contributed by atoms with Gasteiger partial charge in [-0.1, -0.05) is 25.1 Å². The Hall–Kier alpha value is -2.37. The summed E-state index contributed by atoms with van der Waals surface area (Å²) in [6.45, 7) is 1.38. The Morgan fingerprint density at radius 2 is 1.61 bits per heavy atom. The maximum absolute atomic E-state index is 11.8. The highest BCUT2D eigenvalue weighted by Gasteiger charge is 2.46. The van der Waals surface area contributed by atoms with E-state index in [-0.39, 0.29) is 12.0 Å². The summed E-state index contributed by atoms with van der Waals surface area (Å²) in [4.78, 5) is 33.9. The number of hydrogen-bond acceptors (Lipinski definition) is 3. The molecule has 0 aromatic heterocycles. The van der Waals surface area contributed by atoms with Gasteiger partial charge in [0.25, 0.3) is 5.91 Å². The molecule has 0 aliphatic rings. The van der Waals surface area contributed by atoms with Gasteiger partial charge in [0, 0.05) is 5.56 Å². The van der Waals surface area contributed by atoms with Gasteiger partial charge in [0.2, 0.25) is 5.54 Å². The first-order valence-corrected chi connectivity index (χ1v) is 5.28. The largest absolute Gasteiger partial charge is 0.479 e. The first-order valence-electron chi connectivity index (χ1n) is 5.28. The van der Waals surface area contributed by atoms with Crippen LogP contribution in [0.1, 0.15) is 23.7 Å². The molecule has 6 heteroatoms. The molecule has 3 N–H and O–H groups in total. The first kappa shape index (κ1) is 13.7. The minimum atomic E-state index is -2.30. The zero-order valence-electron chi connectivity index (χ0n) is 9.71. The highest BCUT2D eigenvalue weighted by Crippen LogP contribution is 2.13. The molecule has 0 heterocycles. The van der Waals surface area contributed by atoms with Crippen molar-refractivity contribution in [3.63, 3.8) is 0 Å². The van der Waals surface area contributed by atoms with Crippen LogP contribution >= 0.6 is 0 Å². The molecule has 1 aromatic rings. The van der Waals surface area contributed by atoms with Crippen molar-refractivity contribution in [1.29, 1.82) is 0 Å². The zero-order valence-corrected chi connectivity index (χ0v) is 9.71. The van der Waals surface area contributed by atoms with Crippen LogP contribution in [0.4, 0.5) is 0 Å². The molecule has 6 nitrogen and oxygen atoms in total. The SMILES string of the molecule is CCC(NC(=O)c1ccccc1)(C(=O)O)C(=O)O. The Balaban J connectivity index is 3.02. The zero-order chi connectivity index (χ0) is 13.8. The maximum atomic E-state index is 11.8. The van der Waals surface area contributed by atoms with Gasteiger partial charge >= 0.3 is 11.9 Å². The van der Waals surface area contributed by atoms with E-state index in [0.29, 0.717) is 0 Å². The average molecular weight is 251 g/mol. The highest BCUT2D eigenvalue weighted by molar-refractivity contribution is 6.08. The van der Waals surface area contributed by atoms with Crippen molar-refractivity contribution < 1.29 is 24.6 Å². The van der Waals surface area contributed by atoms with Gasteiger partial charge in [0.1, 0.15) is 0 Å². The molecule has 0 radical (unpaired) electrons. The minimum Gasteiger partial charge on any atom is -0.479 e. The summed E-state index contributed by atoms with van der Waals surface area (Å²) in [6, 6.07) is 7.84. The van der Waals surface area contributed by atoms with E-state index in [2.05, 4.69) is 5.32 Å². The van der Waals surface area contributed by atoms with Crippen LogP contribution < -0.4 is 5.32 Å². The predicted molar refractivity (Wildman–Crippen MR) is 62.2 cm³/mol. The monoisotopic (exact) mass is 251 g/mol. The van der Waals surface area contributed by atoms with E-state index in [1.54, 1.807) is 18.2 Å². The molecule has 0 fully saturated rings. The van der Waals surface area contributed by atoms with Gasteiger partial charge in [0.15, 0.2) is 0 Å². The number of amides is 1. The van der Waals surface area contributed by atoms with Gasteiger partial charge in [-0.25, -0.2) is 9.59 Å². The summed E-state index contributed by atoms with van der Waals surface area (Å²) in [7, 11) is 0. The second kappa shape index (κ2) is 5.31. The van der Waals surface area contributed by atoms with Crippen molar-refractivity contribution in [2.75, 3.05) is 0 Å². The standard InChI is InChI=1S/C12H13NO5/c1-2-12(10(15)16,11(17)18)13-9(14)8-6-4-3-5-7-8/h3-7H,2H2,1H3,(H,13,14)(H,15,16)(H,17,18). The lowest BCUT2D eigenvalue weighted by Gasteiger charge is -2.24. The number of carbonyl (C=O) groups excluding carboxylic acids is 1. The van der Waals surface area contributed by atoms with Crippen molar-refractivity contribution >= 4 is 17.8 Å². The molecule has 0 saturated heterocycles. The molecule has 0 bridgehead atoms. The molecule has 96 valence electrons. The van der Waals surface area contributed by atoms with E-state index in [4.69, 9.17) is 10.2 Å². The third-order valence-electron chi connectivity index (χ3n) is 2.62. The van der Waals surface area contributed by atoms with Gasteiger partial charge in [-0.15, -0.1) is 0 Å². The fourth-order valence-corrected chi connectivity index (χ4v) is 1.44. The van der Waals surface area contributed by atoms with E-state index in [1.807, 2.05) is 0 Å². The molecule has 18 heavy (non-hydrogen) atoms. The van der Waals surface area contributed by atoms with Gasteiger partial charge in [-0.05, 0) is 18.6 Å². The third-order valence-corrected chi connectivity index (χ3v) is 2.62. The summed E-state index contributed by atoms with van der Waals surface area (Å²) in [6.07, 6.45) is -0.254. The molecule has 1 amide bonds. The summed E-state index contributed by atoms with van der Waals surface area (Å²) in [5.41, 5.74) is -2.09. The molecule has 0 atom stereocenters. The molecular weight excluding hydrogens is 238 g/mol. The number of carboxylic acids is 2. The van der Waals surface area contributed by atoms with E-state index >= 15 is 0 Å². The van der Waals surface area contributed by atoms with Crippen molar-refractivity contribution in [2.45, 2.75) is 18.9 Å². The Kier molecular flexibility index (Phi) is 4.04. The van der Waals surface area contributed by atoms with Gasteiger partial charge in [-0.2, -0.15) is 0 Å². The number of carbonyl (C=O) groups is 3. The van der Waals surface area contributed by atoms with Crippen molar-refractivity contribution in [3.05, 3.63) is 35.9 Å². The normalized spacial score (nSPS) is 10.7. The van der Waals surface area contributed by atoms with E-state index in [9.17, 15) is 14.4 Å². The molecule has 1 rings (SSSR count). The van der Waals surface area contributed by atoms with Crippen LogP contribution in [-0.4, -0.2) is 33.6 Å². The maximum Gasteiger partial charge on any atom is 0.341 e. The fourth-order valence-electron chi connectivity index (χ4n) is 1.44. The quantitative estimate of drug-likeness (QED) is 0.669. The summed E-state index contributed by atoms with van der Waals surface area (Å²) < 4.78 is 0. The number of hydrogen-bond donors (Lipinski definition) is 3. The van der Waals surface area contributed by atoms with Crippen LogP contribution in [0.3, 0.4) is 0 Å². The fraction of sp³-hybridized carbons (Fsp3) is 0.250. The van der Waals surface area contributed by atoms with Crippen molar-refractivity contribution in [3.8, 4) is 0 Å². The smallest absolute Gasteiger partial charge is 0.341 e. The van der Waals surface area contributed by atoms with Crippen molar-refractivity contribution in [1.82, 2.24) is 5.32 Å². The first-order chi connectivity index (χ1) is 8.44. The Bertz CT molecular complexity index is 455. The number of benzene rings is 1. The molecule has 0 aliphatic carbocycles. The lowest BCUT2D eigenvalue weighted by atomic mass is 9.96. The topological polar surface area (TPSA) is 104 Å². The molecule has 0 spiro atoms. The van der Waals surface area contributed by atoms with Crippen LogP contribution in [-0.2, 0) is 9.59 Å². The average Bonchev–Trinajstić information content (AvgIpc) is 2.36. The molecule has 0 saturated carbocycles. The third kappa shape index (κ3) is 2.48. The summed E-state index contributed by atoms with van der Waals surface area (Å²) in [5.74, 6) is -3.93. The van der Waals surface area contributed by atoms with Crippen LogP contribution in [0.5, 0.6) is 0 Å². The Morgan fingerprint density at radius 1 is 1.11 bits per heavy atom. The van der Waals surface area contributed by atoms with Crippen LogP contribution in [0.15, 0.2) is 30.3 Å². The second-order valence-corrected chi connectivity index (χ2v) is 3.69. The lowest BCUT2D eigenvalue weighted by molar-refractivity contribution is -0.158. The number of aliphatic carboxylic acids is 2. The Morgan fingerprint density at radius 3 is 2.00 bits per heavy atom. The van der Waals surface area contributed by atoms with Crippen molar-refractivity contribution in [2.24, 2.45) is 0 Å². The number of carboxylic acid groups (broad SMARTS) is 2. The molecular formula is C12H13NO5. The second-order valence-electron chi connectivity index (χ2n) is 3.69. The predicted octanol–water partition coefficient (Wildman–Crippen LogP) is 0.734. The molecule has 0 unspecified atom stereocenters. The lowest BCUT2D eigenvalue weighted by Crippen LogP contribution is -2.59. The summed E-state index contributed by atoms with van der Waals surface area (Å²) in [5, 5.41) is 20.0.